The van der Waals surface area contributed by atoms with Crippen LogP contribution in [0.25, 0.3) is 10.8 Å². The number of benzene rings is 2. The summed E-state index contributed by atoms with van der Waals surface area (Å²) < 4.78 is 12.2. The first-order valence-electron chi connectivity index (χ1n) is 14.0. The van der Waals surface area contributed by atoms with Gasteiger partial charge in [-0.3, -0.25) is 14.4 Å². The minimum atomic E-state index is -1.24. The maximum Gasteiger partial charge on any atom is 0.313 e. The van der Waals surface area contributed by atoms with E-state index in [0.29, 0.717) is 18.5 Å². The SMILES string of the molecule is C=CCOC(=O)[C@@H]1[C@H]2C(=O)N([C@@H](CC)CO)C(C(=O)N(CC=C)c3ccc4ccccc4c3)C23CC(C)[C@@]1(C)O3. The summed E-state index contributed by atoms with van der Waals surface area (Å²) in [7, 11) is 0. The number of fused-ring (bicyclic) bond motifs is 2. The standard InChI is InChI=1S/C32H38N2O6/c1-6-15-33(24-14-13-21-11-9-10-12-22(21)17-24)29(37)27-32-18-20(4)31(5,40-32)26(30(38)39-16-7-2)25(32)28(36)34(27)23(8-3)19-35/h6-7,9-14,17,20,23,25-27,35H,1-2,8,15-16,18-19H2,3-5H3/t20?,23-,25-,26-,27?,31+,32?/m0/s1. The second kappa shape index (κ2) is 10.5. The Labute approximate surface area is 235 Å². The number of carbonyl (C=O) groups is 3. The van der Waals surface area contributed by atoms with Gasteiger partial charge in [0.05, 0.1) is 24.2 Å². The number of amides is 2. The Morgan fingerprint density at radius 3 is 2.60 bits per heavy atom. The normalized spacial score (nSPS) is 31.2. The van der Waals surface area contributed by atoms with Crippen LogP contribution in [-0.2, 0) is 23.9 Å². The topological polar surface area (TPSA) is 96.4 Å². The van der Waals surface area contributed by atoms with Gasteiger partial charge in [-0.1, -0.05) is 62.9 Å². The molecule has 3 heterocycles. The van der Waals surface area contributed by atoms with E-state index in [1.165, 1.54) is 11.0 Å². The average molecular weight is 547 g/mol. The predicted molar refractivity (Wildman–Crippen MR) is 152 cm³/mol. The summed E-state index contributed by atoms with van der Waals surface area (Å²) in [6.45, 7) is 13.1. The minimum absolute atomic E-state index is 0.0169. The van der Waals surface area contributed by atoms with Crippen LogP contribution in [0, 0.1) is 17.8 Å². The van der Waals surface area contributed by atoms with Gasteiger partial charge in [0.2, 0.25) is 5.91 Å². The first kappa shape index (κ1) is 28.1. The zero-order chi connectivity index (χ0) is 28.8. The highest BCUT2D eigenvalue weighted by molar-refractivity contribution is 6.05. The van der Waals surface area contributed by atoms with Crippen LogP contribution >= 0.6 is 0 Å². The van der Waals surface area contributed by atoms with Gasteiger partial charge < -0.3 is 24.4 Å². The Morgan fingerprint density at radius 1 is 1.23 bits per heavy atom. The molecule has 2 aromatic carbocycles. The maximum absolute atomic E-state index is 14.7. The van der Waals surface area contributed by atoms with Crippen molar-refractivity contribution in [3.8, 4) is 0 Å². The van der Waals surface area contributed by atoms with E-state index in [9.17, 15) is 19.5 Å². The van der Waals surface area contributed by atoms with Crippen molar-refractivity contribution in [2.45, 2.75) is 56.9 Å². The molecule has 7 atom stereocenters. The van der Waals surface area contributed by atoms with Gasteiger partial charge in [-0.15, -0.1) is 6.58 Å². The molecular formula is C32H38N2O6. The summed E-state index contributed by atoms with van der Waals surface area (Å²) >= 11 is 0. The molecule has 0 saturated carbocycles. The average Bonchev–Trinajstić information content (AvgIpc) is 3.47. The van der Waals surface area contributed by atoms with Crippen molar-refractivity contribution >= 4 is 34.2 Å². The highest BCUT2D eigenvalue weighted by Gasteiger charge is 2.80. The molecule has 0 aliphatic carbocycles. The lowest BCUT2D eigenvalue weighted by molar-refractivity contribution is -0.161. The number of esters is 1. The largest absolute Gasteiger partial charge is 0.461 e. The zero-order valence-electron chi connectivity index (χ0n) is 23.4. The molecule has 1 spiro atoms. The molecule has 5 rings (SSSR count). The quantitative estimate of drug-likeness (QED) is 0.359. The lowest BCUT2D eigenvalue weighted by atomic mass is 9.62. The van der Waals surface area contributed by atoms with Crippen molar-refractivity contribution in [1.82, 2.24) is 4.90 Å². The number of anilines is 1. The first-order chi connectivity index (χ1) is 19.2. The fourth-order valence-electron chi connectivity index (χ4n) is 7.30. The Bertz CT molecular complexity index is 1350. The number of hydrogen-bond acceptors (Lipinski definition) is 6. The van der Waals surface area contributed by atoms with E-state index in [1.807, 2.05) is 63.2 Å². The molecule has 3 fully saturated rings. The number of aliphatic hydroxyl groups excluding tert-OH is 1. The summed E-state index contributed by atoms with van der Waals surface area (Å²) in [5.74, 6) is -3.11. The maximum atomic E-state index is 14.7. The van der Waals surface area contributed by atoms with E-state index in [4.69, 9.17) is 9.47 Å². The fourth-order valence-corrected chi connectivity index (χ4v) is 7.30. The van der Waals surface area contributed by atoms with Gasteiger partial charge in [-0.05, 0) is 48.6 Å². The van der Waals surface area contributed by atoms with E-state index >= 15 is 0 Å². The molecule has 1 N–H and O–H groups in total. The zero-order valence-corrected chi connectivity index (χ0v) is 23.4. The molecule has 2 amide bonds. The van der Waals surface area contributed by atoms with Crippen molar-refractivity contribution < 1.29 is 29.0 Å². The van der Waals surface area contributed by atoms with E-state index in [2.05, 4.69) is 13.2 Å². The molecular weight excluding hydrogens is 508 g/mol. The fraction of sp³-hybridized carbons (Fsp3) is 0.469. The van der Waals surface area contributed by atoms with Gasteiger partial charge in [0.1, 0.15) is 24.2 Å². The Morgan fingerprint density at radius 2 is 1.95 bits per heavy atom. The van der Waals surface area contributed by atoms with E-state index in [0.717, 1.165) is 10.8 Å². The van der Waals surface area contributed by atoms with Crippen molar-refractivity contribution in [2.24, 2.45) is 17.8 Å². The van der Waals surface area contributed by atoms with E-state index < -0.39 is 41.1 Å². The molecule has 2 bridgehead atoms. The number of nitrogens with zero attached hydrogens (tertiary/aromatic N) is 2. The van der Waals surface area contributed by atoms with Crippen molar-refractivity contribution in [2.75, 3.05) is 24.7 Å². The van der Waals surface area contributed by atoms with Gasteiger partial charge in [-0.25, -0.2) is 0 Å². The van der Waals surface area contributed by atoms with Crippen LogP contribution in [0.5, 0.6) is 0 Å². The molecule has 8 heteroatoms. The second-order valence-electron chi connectivity index (χ2n) is 11.4. The van der Waals surface area contributed by atoms with Crippen molar-refractivity contribution in [3.63, 3.8) is 0 Å². The molecule has 3 saturated heterocycles. The van der Waals surface area contributed by atoms with Gasteiger partial charge in [-0.2, -0.15) is 0 Å². The monoisotopic (exact) mass is 546 g/mol. The number of likely N-dealkylation sites (tertiary alicyclic amines) is 1. The smallest absolute Gasteiger partial charge is 0.313 e. The molecule has 0 radical (unpaired) electrons. The molecule has 40 heavy (non-hydrogen) atoms. The number of hydrogen-bond donors (Lipinski definition) is 1. The Kier molecular flexibility index (Phi) is 7.35. The van der Waals surface area contributed by atoms with Crippen molar-refractivity contribution in [3.05, 3.63) is 67.8 Å². The number of rotatable bonds is 10. The van der Waals surface area contributed by atoms with Crippen LogP contribution in [0.2, 0.25) is 0 Å². The summed E-state index contributed by atoms with van der Waals surface area (Å²) in [5.41, 5.74) is -1.54. The predicted octanol–water partition coefficient (Wildman–Crippen LogP) is 3.87. The van der Waals surface area contributed by atoms with E-state index in [-0.39, 0.29) is 37.5 Å². The van der Waals surface area contributed by atoms with Crippen LogP contribution in [0.1, 0.15) is 33.6 Å². The molecule has 212 valence electrons. The summed E-state index contributed by atoms with van der Waals surface area (Å²) in [6.07, 6.45) is 4.00. The van der Waals surface area contributed by atoms with E-state index in [1.54, 1.807) is 11.0 Å². The molecule has 2 aromatic rings. The lowest BCUT2D eigenvalue weighted by Crippen LogP contribution is -2.59. The van der Waals surface area contributed by atoms with Gasteiger partial charge in [0.25, 0.3) is 5.91 Å². The third-order valence-corrected chi connectivity index (χ3v) is 9.28. The van der Waals surface area contributed by atoms with Gasteiger partial charge in [0, 0.05) is 12.2 Å². The molecule has 0 aromatic heterocycles. The third-order valence-electron chi connectivity index (χ3n) is 9.28. The molecule has 3 aliphatic heterocycles. The summed E-state index contributed by atoms with van der Waals surface area (Å²) in [5, 5.41) is 12.3. The second-order valence-corrected chi connectivity index (χ2v) is 11.4. The van der Waals surface area contributed by atoms with Crippen LogP contribution in [0.3, 0.4) is 0 Å². The highest BCUT2D eigenvalue weighted by atomic mass is 16.6. The number of aliphatic hydroxyl groups is 1. The molecule has 8 nitrogen and oxygen atoms in total. The van der Waals surface area contributed by atoms with Gasteiger partial charge in [0.15, 0.2) is 0 Å². The summed E-state index contributed by atoms with van der Waals surface area (Å²) in [6, 6.07) is 12.0. The number of carbonyl (C=O) groups excluding carboxylic acids is 3. The van der Waals surface area contributed by atoms with Crippen LogP contribution < -0.4 is 4.90 Å². The summed E-state index contributed by atoms with van der Waals surface area (Å²) in [4.78, 5) is 45.6. The van der Waals surface area contributed by atoms with Crippen LogP contribution in [0.4, 0.5) is 5.69 Å². The number of ether oxygens (including phenoxy) is 2. The first-order valence-corrected chi connectivity index (χ1v) is 14.0. The van der Waals surface area contributed by atoms with Gasteiger partial charge >= 0.3 is 5.97 Å². The van der Waals surface area contributed by atoms with Crippen LogP contribution in [0.15, 0.2) is 67.8 Å². The van der Waals surface area contributed by atoms with Crippen LogP contribution in [-0.4, -0.2) is 70.8 Å². The molecule has 3 unspecified atom stereocenters. The lowest BCUT2D eigenvalue weighted by Gasteiger charge is -2.39. The van der Waals surface area contributed by atoms with Crippen molar-refractivity contribution in [1.29, 1.82) is 0 Å². The minimum Gasteiger partial charge on any atom is -0.461 e. The Balaban J connectivity index is 1.64. The third kappa shape index (κ3) is 3.99. The highest BCUT2D eigenvalue weighted by Crippen LogP contribution is 2.65. The molecule has 3 aliphatic rings. The Hall–Kier alpha value is -3.49.